The second kappa shape index (κ2) is 29.1. The molecule has 0 spiro atoms. The lowest BCUT2D eigenvalue weighted by molar-refractivity contribution is -0.508. The van der Waals surface area contributed by atoms with Crippen LogP contribution in [0.4, 0.5) is 0 Å². The molecule has 49 heavy (non-hydrogen) atoms. The maximum Gasteiger partial charge on any atom is 0.295 e. The number of aliphatic hydroxyl groups excluding tert-OH is 2. The van der Waals surface area contributed by atoms with Crippen LogP contribution in [0, 0.1) is 0 Å². The second-order valence-corrected chi connectivity index (χ2v) is 14.2. The van der Waals surface area contributed by atoms with Gasteiger partial charge in [-0.2, -0.15) is 0 Å². The molecule has 0 amide bonds. The van der Waals surface area contributed by atoms with Crippen LogP contribution in [-0.4, -0.2) is 78.5 Å². The van der Waals surface area contributed by atoms with Gasteiger partial charge in [-0.25, -0.2) is 0 Å². The van der Waals surface area contributed by atoms with Crippen molar-refractivity contribution < 1.29 is 38.6 Å². The molecule has 0 aliphatic rings. The first-order valence-corrected chi connectivity index (χ1v) is 20.6. The number of ether oxygens (including phenoxy) is 6. The molecule has 4 N–H and O–H groups in total. The molecule has 9 nitrogen and oxygen atoms in total. The molecule has 296 valence electrons. The molecule has 0 bridgehead atoms. The fourth-order valence-corrected chi connectivity index (χ4v) is 6.32. The van der Waals surface area contributed by atoms with E-state index in [4.69, 9.17) is 34.2 Å². The van der Waals surface area contributed by atoms with E-state index < -0.39 is 41.9 Å². The average molecular weight is 706 g/mol. The van der Waals surface area contributed by atoms with Gasteiger partial charge in [0.2, 0.25) is 5.79 Å². The summed E-state index contributed by atoms with van der Waals surface area (Å²) in [5.41, 5.74) is 7.45. The summed E-state index contributed by atoms with van der Waals surface area (Å²) >= 11 is 0. The predicted molar refractivity (Wildman–Crippen MR) is 201 cm³/mol. The summed E-state index contributed by atoms with van der Waals surface area (Å²) in [4.78, 5) is 0. The van der Waals surface area contributed by atoms with E-state index in [0.717, 1.165) is 32.1 Å². The highest BCUT2D eigenvalue weighted by molar-refractivity contribution is 5.01. The molecule has 0 saturated heterocycles. The van der Waals surface area contributed by atoms with Gasteiger partial charge in [-0.15, -0.1) is 0 Å². The Morgan fingerprint density at radius 2 is 0.878 bits per heavy atom. The highest BCUT2D eigenvalue weighted by Crippen LogP contribution is 2.47. The second-order valence-electron chi connectivity index (χ2n) is 14.2. The zero-order valence-electron chi connectivity index (χ0n) is 33.7. The highest BCUT2D eigenvalue weighted by atomic mass is 16.8. The Morgan fingerprint density at radius 3 is 1.29 bits per heavy atom. The third-order valence-electron chi connectivity index (χ3n) is 8.97. The molecule has 6 unspecified atom stereocenters. The summed E-state index contributed by atoms with van der Waals surface area (Å²) in [5.74, 6) is -5.32. The molecule has 0 aromatic rings. The quantitative estimate of drug-likeness (QED) is 0.0432. The first-order valence-electron chi connectivity index (χ1n) is 20.6. The third-order valence-corrected chi connectivity index (χ3v) is 8.97. The van der Waals surface area contributed by atoms with Crippen molar-refractivity contribution >= 4 is 0 Å². The SMILES string of the molecule is CCCCCCCCCCCCCC(OCCC)(OCCC)C(OCCC)(OC(CC)CC(C)O)C(N)(OCCC)OC(CC)CC(C)O. The minimum atomic E-state index is -1.97. The van der Waals surface area contributed by atoms with Crippen LogP contribution in [0.1, 0.15) is 191 Å². The molecule has 0 aromatic heterocycles. The van der Waals surface area contributed by atoms with Crippen molar-refractivity contribution in [2.24, 2.45) is 5.73 Å². The molecule has 0 rings (SSSR count). The minimum absolute atomic E-state index is 0.283. The Labute approximate surface area is 303 Å². The Hall–Kier alpha value is -0.360. The first kappa shape index (κ1) is 48.6. The monoisotopic (exact) mass is 706 g/mol. The van der Waals surface area contributed by atoms with Crippen LogP contribution in [0.25, 0.3) is 0 Å². The number of unbranched alkanes of at least 4 members (excludes halogenated alkanes) is 10. The molecule has 0 aliphatic heterocycles. The predicted octanol–water partition coefficient (Wildman–Crippen LogP) is 9.53. The fourth-order valence-electron chi connectivity index (χ4n) is 6.32. The fraction of sp³-hybridized carbons (Fsp3) is 1.00. The molecule has 9 heteroatoms. The van der Waals surface area contributed by atoms with E-state index in [9.17, 15) is 10.2 Å². The van der Waals surface area contributed by atoms with Gasteiger partial charge in [0.1, 0.15) is 0 Å². The number of hydrogen-bond donors (Lipinski definition) is 3. The van der Waals surface area contributed by atoms with Crippen molar-refractivity contribution in [2.45, 2.75) is 233 Å². The van der Waals surface area contributed by atoms with Crippen LogP contribution in [0.5, 0.6) is 0 Å². The summed E-state index contributed by atoms with van der Waals surface area (Å²) < 4.78 is 41.2. The Balaban J connectivity index is 7.05. The standard InChI is InChI=1S/C40H83NO8/c1-10-17-18-19-20-21-22-23-24-25-26-27-38(44-28-11-2,45-29-12-3)39(46-30-13-4,48-36(15-6)32-34(8)42)40(41,47-31-14-5)49-37(16-7)33-35(9)43/h34-37,42-43H,10-33,41H2,1-9H3. The summed E-state index contributed by atoms with van der Waals surface area (Å²) in [6, 6.07) is 0. The smallest absolute Gasteiger partial charge is 0.295 e. The lowest BCUT2D eigenvalue weighted by atomic mass is 9.92. The van der Waals surface area contributed by atoms with E-state index >= 15 is 0 Å². The van der Waals surface area contributed by atoms with Crippen LogP contribution < -0.4 is 5.73 Å². The topological polar surface area (TPSA) is 122 Å². The zero-order valence-corrected chi connectivity index (χ0v) is 33.7. The molecule has 0 heterocycles. The highest BCUT2D eigenvalue weighted by Gasteiger charge is 2.70. The largest absolute Gasteiger partial charge is 0.393 e. The van der Waals surface area contributed by atoms with Crippen LogP contribution in [0.15, 0.2) is 0 Å². The van der Waals surface area contributed by atoms with Crippen LogP contribution in [0.2, 0.25) is 0 Å². The molecule has 0 fully saturated rings. The van der Waals surface area contributed by atoms with E-state index in [-0.39, 0.29) is 6.61 Å². The summed E-state index contributed by atoms with van der Waals surface area (Å²) in [6.45, 7) is 19.4. The Morgan fingerprint density at radius 1 is 0.490 bits per heavy atom. The molecule has 6 atom stereocenters. The lowest BCUT2D eigenvalue weighted by Crippen LogP contribution is -2.78. The molecule has 0 saturated carbocycles. The van der Waals surface area contributed by atoms with Crippen LogP contribution in [0.3, 0.4) is 0 Å². The summed E-state index contributed by atoms with van der Waals surface area (Å²) in [5, 5.41) is 21.0. The third kappa shape index (κ3) is 18.3. The summed E-state index contributed by atoms with van der Waals surface area (Å²) in [6.07, 6.45) is 16.4. The van der Waals surface area contributed by atoms with Crippen LogP contribution >= 0.6 is 0 Å². The Kier molecular flexibility index (Phi) is 28.9. The molecule has 0 aromatic carbocycles. The van der Waals surface area contributed by atoms with Crippen molar-refractivity contribution in [1.82, 2.24) is 0 Å². The van der Waals surface area contributed by atoms with Gasteiger partial charge in [0, 0.05) is 19.6 Å². The first-order chi connectivity index (χ1) is 23.5. The minimum Gasteiger partial charge on any atom is -0.393 e. The van der Waals surface area contributed by atoms with Gasteiger partial charge < -0.3 is 38.6 Å². The number of nitrogens with two attached hydrogens (primary N) is 1. The normalized spacial score (nSPS) is 17.4. The molecule has 0 aliphatic carbocycles. The molecule has 0 radical (unpaired) electrons. The van der Waals surface area contributed by atoms with Gasteiger partial charge in [-0.1, -0.05) is 113 Å². The van der Waals surface area contributed by atoms with Gasteiger partial charge >= 0.3 is 0 Å². The van der Waals surface area contributed by atoms with Gasteiger partial charge in [0.15, 0.2) is 0 Å². The van der Waals surface area contributed by atoms with E-state index in [0.29, 0.717) is 64.8 Å². The van der Waals surface area contributed by atoms with Gasteiger partial charge in [-0.05, 0) is 71.6 Å². The molecular weight excluding hydrogens is 622 g/mol. The Bertz CT molecular complexity index is 733. The van der Waals surface area contributed by atoms with E-state index in [2.05, 4.69) is 20.8 Å². The van der Waals surface area contributed by atoms with Gasteiger partial charge in [0.05, 0.1) is 37.6 Å². The number of rotatable bonds is 36. The van der Waals surface area contributed by atoms with E-state index in [1.807, 2.05) is 27.7 Å². The maximum absolute atomic E-state index is 10.6. The van der Waals surface area contributed by atoms with E-state index in [1.54, 1.807) is 13.8 Å². The van der Waals surface area contributed by atoms with E-state index in [1.165, 1.54) is 51.4 Å². The number of aliphatic hydroxyl groups is 2. The average Bonchev–Trinajstić information content (AvgIpc) is 3.07. The summed E-state index contributed by atoms with van der Waals surface area (Å²) in [7, 11) is 0. The van der Waals surface area contributed by atoms with Crippen LogP contribution in [-0.2, 0) is 28.4 Å². The van der Waals surface area contributed by atoms with Gasteiger partial charge in [-0.3, -0.25) is 5.73 Å². The van der Waals surface area contributed by atoms with Crippen molar-refractivity contribution in [2.75, 3.05) is 26.4 Å². The maximum atomic E-state index is 10.6. The molecular formula is C40H83NO8. The zero-order chi connectivity index (χ0) is 37.0. The number of hydrogen-bond acceptors (Lipinski definition) is 9. The van der Waals surface area contributed by atoms with Crippen molar-refractivity contribution in [3.05, 3.63) is 0 Å². The lowest BCUT2D eigenvalue weighted by Gasteiger charge is -2.56. The van der Waals surface area contributed by atoms with Gasteiger partial charge in [0.25, 0.3) is 11.7 Å². The van der Waals surface area contributed by atoms with Crippen molar-refractivity contribution in [3.63, 3.8) is 0 Å². The van der Waals surface area contributed by atoms with Crippen molar-refractivity contribution in [3.8, 4) is 0 Å². The van der Waals surface area contributed by atoms with Crippen molar-refractivity contribution in [1.29, 1.82) is 0 Å².